The summed E-state index contributed by atoms with van der Waals surface area (Å²) in [5, 5.41) is 9.53. The van der Waals surface area contributed by atoms with Crippen molar-refractivity contribution in [2.24, 2.45) is 11.7 Å². The number of fused-ring (bicyclic) bond motifs is 2. The van der Waals surface area contributed by atoms with Gasteiger partial charge in [0.2, 0.25) is 0 Å². The van der Waals surface area contributed by atoms with Crippen molar-refractivity contribution in [2.75, 3.05) is 6.54 Å². The maximum absolute atomic E-state index is 13.5. The Bertz CT molecular complexity index is 1470. The van der Waals surface area contributed by atoms with Crippen molar-refractivity contribution >= 4 is 44.8 Å². The fraction of sp³-hybridized carbons (Fsp3) is 0.280. The fourth-order valence-electron chi connectivity index (χ4n) is 4.70. The molecule has 1 saturated heterocycles. The average Bonchev–Trinajstić information content (AvgIpc) is 3.20. The molecule has 11 heteroatoms. The minimum atomic E-state index is -0.964. The van der Waals surface area contributed by atoms with Crippen LogP contribution in [0.3, 0.4) is 0 Å². The first-order chi connectivity index (χ1) is 17.3. The number of hydrogen-bond donors (Lipinski definition) is 2. The number of aromatic nitrogens is 3. The SMILES string of the molecule is Cc1nc(C(=O)N2[C@H](CN)C[C@@H]3C[C@@H]32)c(-c2ccc(F)c(Br)c2)s1.O=C(O)c1cnc2ccccn12. The van der Waals surface area contributed by atoms with E-state index in [0.29, 0.717) is 34.3 Å². The van der Waals surface area contributed by atoms with Crippen LogP contribution in [-0.2, 0) is 0 Å². The van der Waals surface area contributed by atoms with Gasteiger partial charge >= 0.3 is 5.97 Å². The van der Waals surface area contributed by atoms with E-state index in [4.69, 9.17) is 10.8 Å². The highest BCUT2D eigenvalue weighted by molar-refractivity contribution is 9.10. The van der Waals surface area contributed by atoms with Crippen LogP contribution in [0.4, 0.5) is 4.39 Å². The number of carbonyl (C=O) groups excluding carboxylic acids is 1. The first-order valence-corrected chi connectivity index (χ1v) is 13.0. The lowest BCUT2D eigenvalue weighted by atomic mass is 10.1. The summed E-state index contributed by atoms with van der Waals surface area (Å²) in [6, 6.07) is 10.5. The molecule has 1 amide bonds. The highest BCUT2D eigenvalue weighted by Crippen LogP contribution is 2.48. The van der Waals surface area contributed by atoms with E-state index >= 15 is 0 Å². The number of halogens is 2. The van der Waals surface area contributed by atoms with E-state index in [1.54, 1.807) is 30.5 Å². The number of nitrogens with two attached hydrogens (primary N) is 1. The lowest BCUT2D eigenvalue weighted by Crippen LogP contribution is -2.42. The Kier molecular flexibility index (Phi) is 6.62. The zero-order chi connectivity index (χ0) is 25.6. The number of amides is 1. The molecular formula is C25H23BrFN5O3S. The lowest BCUT2D eigenvalue weighted by Gasteiger charge is -2.26. The number of carboxylic acid groups (broad SMARTS) is 1. The zero-order valence-electron chi connectivity index (χ0n) is 19.3. The number of thiazole rings is 1. The van der Waals surface area contributed by atoms with Gasteiger partial charge in [0.05, 0.1) is 20.6 Å². The number of nitrogens with zero attached hydrogens (tertiary/aromatic N) is 4. The Morgan fingerprint density at radius 2 is 2.08 bits per heavy atom. The summed E-state index contributed by atoms with van der Waals surface area (Å²) < 4.78 is 15.4. The van der Waals surface area contributed by atoms with Gasteiger partial charge in [0.25, 0.3) is 5.91 Å². The van der Waals surface area contributed by atoms with Gasteiger partial charge < -0.3 is 15.7 Å². The first kappa shape index (κ1) is 24.5. The number of carbonyl (C=O) groups is 2. The Balaban J connectivity index is 0.000000186. The molecule has 2 fully saturated rings. The minimum Gasteiger partial charge on any atom is -0.477 e. The summed E-state index contributed by atoms with van der Waals surface area (Å²) in [6.45, 7) is 2.37. The predicted octanol–water partition coefficient (Wildman–Crippen LogP) is 4.61. The number of aromatic carboxylic acids is 1. The summed E-state index contributed by atoms with van der Waals surface area (Å²) in [7, 11) is 0. The van der Waals surface area contributed by atoms with Crippen molar-refractivity contribution in [3.8, 4) is 10.4 Å². The second-order valence-electron chi connectivity index (χ2n) is 8.82. The smallest absolute Gasteiger partial charge is 0.354 e. The van der Waals surface area contributed by atoms with Crippen molar-refractivity contribution in [3.05, 3.63) is 75.5 Å². The van der Waals surface area contributed by atoms with Crippen molar-refractivity contribution < 1.29 is 19.1 Å². The maximum atomic E-state index is 13.5. The van der Waals surface area contributed by atoms with Crippen LogP contribution in [0.5, 0.6) is 0 Å². The molecule has 1 saturated carbocycles. The Hall–Kier alpha value is -3.15. The van der Waals surface area contributed by atoms with E-state index in [1.165, 1.54) is 28.0 Å². The van der Waals surface area contributed by atoms with E-state index in [0.717, 1.165) is 28.3 Å². The molecule has 1 aliphatic heterocycles. The second-order valence-corrected chi connectivity index (χ2v) is 10.9. The van der Waals surface area contributed by atoms with Crippen LogP contribution in [0.15, 0.2) is 53.3 Å². The van der Waals surface area contributed by atoms with Crippen molar-refractivity contribution in [1.29, 1.82) is 0 Å². The van der Waals surface area contributed by atoms with Gasteiger partial charge in [-0.05, 0) is 71.4 Å². The number of benzene rings is 1. The minimum absolute atomic E-state index is 0.0461. The van der Waals surface area contributed by atoms with E-state index in [2.05, 4.69) is 25.9 Å². The number of likely N-dealkylation sites (tertiary alicyclic amines) is 1. The van der Waals surface area contributed by atoms with Crippen LogP contribution < -0.4 is 5.73 Å². The molecule has 1 aromatic carbocycles. The molecule has 6 rings (SSSR count). The average molecular weight is 572 g/mol. The fourth-order valence-corrected chi connectivity index (χ4v) is 5.99. The molecule has 1 aliphatic carbocycles. The standard InChI is InChI=1S/C17H17BrFN3OS.C8H6N2O2/c1-8-21-15(16(24-8)9-2-3-13(19)12(18)5-9)17(23)22-11(7-20)4-10-6-14(10)22;11-8(12)6-5-9-7-3-1-2-4-10(6)7/h2-3,5,10-11,14H,4,6-7,20H2,1H3;1-5H,(H,11,12)/t10-,11+,14+;/m1./s1. The van der Waals surface area contributed by atoms with E-state index < -0.39 is 5.97 Å². The molecule has 3 N–H and O–H groups in total. The molecule has 0 unspecified atom stereocenters. The van der Waals surface area contributed by atoms with Gasteiger partial charge in [0, 0.05) is 24.8 Å². The molecule has 8 nitrogen and oxygen atoms in total. The van der Waals surface area contributed by atoms with E-state index in [9.17, 15) is 14.0 Å². The summed E-state index contributed by atoms with van der Waals surface area (Å²) in [4.78, 5) is 34.9. The van der Waals surface area contributed by atoms with Gasteiger partial charge in [-0.1, -0.05) is 12.1 Å². The Morgan fingerprint density at radius 3 is 2.81 bits per heavy atom. The van der Waals surface area contributed by atoms with Crippen molar-refractivity contribution in [1.82, 2.24) is 19.3 Å². The summed E-state index contributed by atoms with van der Waals surface area (Å²) in [5.74, 6) is -0.731. The predicted molar refractivity (Wildman–Crippen MR) is 138 cm³/mol. The van der Waals surface area contributed by atoms with Crippen molar-refractivity contribution in [2.45, 2.75) is 31.8 Å². The van der Waals surface area contributed by atoms with Crippen LogP contribution in [0, 0.1) is 18.7 Å². The third kappa shape index (κ3) is 4.54. The molecule has 4 aromatic rings. The van der Waals surface area contributed by atoms with Crippen LogP contribution in [0.2, 0.25) is 0 Å². The maximum Gasteiger partial charge on any atom is 0.354 e. The van der Waals surface area contributed by atoms with Crippen LogP contribution in [0.25, 0.3) is 16.1 Å². The molecule has 3 aromatic heterocycles. The number of rotatable bonds is 4. The van der Waals surface area contributed by atoms with Crippen LogP contribution in [0.1, 0.15) is 38.8 Å². The molecule has 0 bridgehead atoms. The van der Waals surface area contributed by atoms with E-state index in [1.807, 2.05) is 17.9 Å². The quantitative estimate of drug-likeness (QED) is 0.369. The molecule has 2 aliphatic rings. The number of imidazole rings is 1. The first-order valence-electron chi connectivity index (χ1n) is 11.4. The third-order valence-corrected chi connectivity index (χ3v) is 8.10. The highest BCUT2D eigenvalue weighted by atomic mass is 79.9. The highest BCUT2D eigenvalue weighted by Gasteiger charge is 2.54. The monoisotopic (exact) mass is 571 g/mol. The number of aryl methyl sites for hydroxylation is 1. The summed E-state index contributed by atoms with van der Waals surface area (Å²) in [6.07, 6.45) is 5.08. The Morgan fingerprint density at radius 1 is 1.28 bits per heavy atom. The number of carboxylic acids is 1. The van der Waals surface area contributed by atoms with Gasteiger partial charge in [-0.2, -0.15) is 0 Å². The van der Waals surface area contributed by atoms with Gasteiger partial charge in [0.1, 0.15) is 17.2 Å². The molecule has 36 heavy (non-hydrogen) atoms. The number of hydrogen-bond acceptors (Lipinski definition) is 6. The second kappa shape index (κ2) is 9.72. The molecule has 0 spiro atoms. The molecule has 186 valence electrons. The molecule has 3 atom stereocenters. The largest absolute Gasteiger partial charge is 0.477 e. The van der Waals surface area contributed by atoms with Gasteiger partial charge in [-0.25, -0.2) is 19.2 Å². The summed E-state index contributed by atoms with van der Waals surface area (Å²) >= 11 is 4.67. The molecular weight excluding hydrogens is 549 g/mol. The molecule has 4 heterocycles. The van der Waals surface area contributed by atoms with Crippen LogP contribution >= 0.6 is 27.3 Å². The number of piperidine rings is 1. The van der Waals surface area contributed by atoms with Gasteiger partial charge in [-0.3, -0.25) is 9.20 Å². The summed E-state index contributed by atoms with van der Waals surface area (Å²) in [5.41, 5.74) is 7.95. The Labute approximate surface area is 218 Å². The normalized spacial score (nSPS) is 20.1. The van der Waals surface area contributed by atoms with Gasteiger partial charge in [-0.15, -0.1) is 11.3 Å². The van der Waals surface area contributed by atoms with Crippen LogP contribution in [-0.4, -0.2) is 54.9 Å². The zero-order valence-corrected chi connectivity index (χ0v) is 21.7. The van der Waals surface area contributed by atoms with Gasteiger partial charge in [0.15, 0.2) is 5.69 Å². The van der Waals surface area contributed by atoms with E-state index in [-0.39, 0.29) is 23.5 Å². The number of pyridine rings is 1. The lowest BCUT2D eigenvalue weighted by molar-refractivity contribution is 0.0684. The van der Waals surface area contributed by atoms with Crippen molar-refractivity contribution in [3.63, 3.8) is 0 Å². The molecule has 0 radical (unpaired) electrons. The third-order valence-electron chi connectivity index (χ3n) is 6.47. The topological polar surface area (TPSA) is 114 Å².